The summed E-state index contributed by atoms with van der Waals surface area (Å²) in [5, 5.41) is 10.4. The summed E-state index contributed by atoms with van der Waals surface area (Å²) < 4.78 is 6.29. The molecule has 0 spiro atoms. The van der Waals surface area contributed by atoms with E-state index in [1.54, 1.807) is 18.2 Å². The molecule has 2 N–H and O–H groups in total. The molecule has 1 atom stereocenters. The number of aliphatic imine (C=N–C) groups is 1. The van der Waals surface area contributed by atoms with Crippen LogP contribution < -0.4 is 5.56 Å². The largest absolute Gasteiger partial charge is 0.494 e. The highest BCUT2D eigenvalue weighted by Crippen LogP contribution is 2.21. The van der Waals surface area contributed by atoms with E-state index in [2.05, 4.69) is 14.7 Å². The third-order valence-electron chi connectivity index (χ3n) is 3.79. The molecule has 1 heterocycles. The first kappa shape index (κ1) is 18.6. The predicted molar refractivity (Wildman–Crippen MR) is 97.6 cm³/mol. The number of H-pyrrole nitrogens is 1. The van der Waals surface area contributed by atoms with E-state index in [9.17, 15) is 14.7 Å². The van der Waals surface area contributed by atoms with Crippen molar-refractivity contribution in [2.75, 3.05) is 7.11 Å². The number of nitrogens with zero attached hydrogens (tertiary/aromatic N) is 2. The van der Waals surface area contributed by atoms with E-state index in [1.165, 1.54) is 24.0 Å². The van der Waals surface area contributed by atoms with Gasteiger partial charge in [0.1, 0.15) is 5.56 Å². The number of hydrogen-bond acceptors (Lipinski definition) is 6. The van der Waals surface area contributed by atoms with Crippen LogP contribution in [-0.4, -0.2) is 34.0 Å². The van der Waals surface area contributed by atoms with Crippen LogP contribution in [0.1, 0.15) is 42.2 Å². The second kappa shape index (κ2) is 7.89. The number of aromatic hydroxyl groups is 1. The predicted octanol–water partition coefficient (Wildman–Crippen LogP) is 3.12. The second-order valence-electron chi connectivity index (χ2n) is 5.42. The van der Waals surface area contributed by atoms with E-state index < -0.39 is 11.5 Å². The summed E-state index contributed by atoms with van der Waals surface area (Å²) in [6.45, 7) is 3.83. The molecule has 0 aliphatic heterocycles. The number of aromatic nitrogens is 2. The van der Waals surface area contributed by atoms with Crippen LogP contribution in [0.25, 0.3) is 0 Å². The fourth-order valence-corrected chi connectivity index (χ4v) is 2.59. The molecular weight excluding hydrogens is 342 g/mol. The van der Waals surface area contributed by atoms with E-state index in [4.69, 9.17) is 12.2 Å². The summed E-state index contributed by atoms with van der Waals surface area (Å²) in [5.41, 5.74) is 0.248. The van der Waals surface area contributed by atoms with E-state index in [-0.39, 0.29) is 22.3 Å². The molecule has 132 valence electrons. The van der Waals surface area contributed by atoms with Gasteiger partial charge in [0.15, 0.2) is 4.77 Å². The van der Waals surface area contributed by atoms with Crippen molar-refractivity contribution in [3.8, 4) is 5.88 Å². The maximum absolute atomic E-state index is 12.1. The third-order valence-corrected chi connectivity index (χ3v) is 4.09. The molecule has 25 heavy (non-hydrogen) atoms. The molecule has 0 bridgehead atoms. The van der Waals surface area contributed by atoms with E-state index in [0.29, 0.717) is 11.3 Å². The van der Waals surface area contributed by atoms with Crippen molar-refractivity contribution in [2.24, 2.45) is 4.99 Å². The Morgan fingerprint density at radius 3 is 2.88 bits per heavy atom. The van der Waals surface area contributed by atoms with Crippen molar-refractivity contribution in [3.05, 3.63) is 50.5 Å². The smallest absolute Gasteiger partial charge is 0.337 e. The van der Waals surface area contributed by atoms with Crippen molar-refractivity contribution in [3.63, 3.8) is 0 Å². The van der Waals surface area contributed by atoms with Crippen LogP contribution in [0.3, 0.4) is 0 Å². The summed E-state index contributed by atoms with van der Waals surface area (Å²) in [7, 11) is 1.29. The maximum Gasteiger partial charge on any atom is 0.337 e. The number of nitrogens with one attached hydrogen (secondary N) is 1. The number of ether oxygens (including phenoxy) is 1. The first-order chi connectivity index (χ1) is 11.9. The highest BCUT2D eigenvalue weighted by atomic mass is 32.1. The number of carbonyl (C=O) groups is 1. The lowest BCUT2D eigenvalue weighted by Crippen LogP contribution is -2.20. The normalized spacial score (nSPS) is 12.3. The Morgan fingerprint density at radius 2 is 2.24 bits per heavy atom. The molecule has 1 aromatic carbocycles. The fraction of sp³-hybridized carbons (Fsp3) is 0.294. The molecule has 0 radical (unpaired) electrons. The van der Waals surface area contributed by atoms with Crippen LogP contribution in [0.5, 0.6) is 5.88 Å². The van der Waals surface area contributed by atoms with Gasteiger partial charge in [0.05, 0.1) is 18.4 Å². The van der Waals surface area contributed by atoms with Crippen molar-refractivity contribution < 1.29 is 14.6 Å². The van der Waals surface area contributed by atoms with Crippen LogP contribution in [-0.2, 0) is 4.74 Å². The van der Waals surface area contributed by atoms with Crippen LogP contribution in [0.15, 0.2) is 34.1 Å². The van der Waals surface area contributed by atoms with Crippen LogP contribution in [0.4, 0.5) is 5.69 Å². The number of hydrogen-bond donors (Lipinski definition) is 2. The van der Waals surface area contributed by atoms with Crippen LogP contribution in [0.2, 0.25) is 0 Å². The molecule has 1 aromatic heterocycles. The molecule has 8 heteroatoms. The Hall–Kier alpha value is -2.74. The molecular formula is C17H19N3O4S. The topological polar surface area (TPSA) is 96.7 Å². The number of benzene rings is 1. The lowest BCUT2D eigenvalue weighted by molar-refractivity contribution is 0.0601. The van der Waals surface area contributed by atoms with Gasteiger partial charge in [-0.05, 0) is 43.8 Å². The van der Waals surface area contributed by atoms with Crippen molar-refractivity contribution in [2.45, 2.75) is 26.3 Å². The molecule has 0 aliphatic carbocycles. The molecule has 2 rings (SSSR count). The Bertz CT molecular complexity index is 930. The minimum atomic E-state index is -0.532. The molecule has 7 nitrogen and oxygen atoms in total. The zero-order valence-electron chi connectivity index (χ0n) is 14.1. The highest BCUT2D eigenvalue weighted by molar-refractivity contribution is 7.71. The summed E-state index contributed by atoms with van der Waals surface area (Å²) >= 11 is 5.12. The van der Waals surface area contributed by atoms with Gasteiger partial charge in [0.25, 0.3) is 5.56 Å². The fourth-order valence-electron chi connectivity index (χ4n) is 2.23. The number of esters is 1. The summed E-state index contributed by atoms with van der Waals surface area (Å²) in [6.07, 6.45) is 1.98. The number of aromatic amines is 1. The van der Waals surface area contributed by atoms with Crippen molar-refractivity contribution in [1.29, 1.82) is 0 Å². The Labute approximate surface area is 149 Å². The highest BCUT2D eigenvalue weighted by Gasteiger charge is 2.14. The number of methoxy groups -OCH3 is 1. The monoisotopic (exact) mass is 361 g/mol. The van der Waals surface area contributed by atoms with Gasteiger partial charge in [-0.3, -0.25) is 19.3 Å². The van der Waals surface area contributed by atoms with Gasteiger partial charge in [0.2, 0.25) is 5.88 Å². The first-order valence-electron chi connectivity index (χ1n) is 7.69. The molecule has 0 aliphatic rings. The lowest BCUT2D eigenvalue weighted by Gasteiger charge is -2.16. The minimum Gasteiger partial charge on any atom is -0.494 e. The molecule has 0 fully saturated rings. The van der Waals surface area contributed by atoms with E-state index >= 15 is 0 Å². The van der Waals surface area contributed by atoms with Gasteiger partial charge in [-0.2, -0.15) is 0 Å². The SMILES string of the molecule is CC[C@@H](C)n1c(O)c(C=Nc2cccc(C(=O)OC)c2)c(=O)[nH]c1=S. The van der Waals surface area contributed by atoms with Gasteiger partial charge in [-0.1, -0.05) is 13.0 Å². The van der Waals surface area contributed by atoms with Crippen molar-refractivity contribution in [1.82, 2.24) is 9.55 Å². The minimum absolute atomic E-state index is 0.00243. The van der Waals surface area contributed by atoms with Gasteiger partial charge < -0.3 is 9.84 Å². The summed E-state index contributed by atoms with van der Waals surface area (Å²) in [4.78, 5) is 30.4. The quantitative estimate of drug-likeness (QED) is 0.484. The number of carbonyl (C=O) groups excluding carboxylic acids is 1. The van der Waals surface area contributed by atoms with Crippen LogP contribution in [0, 0.1) is 4.77 Å². The Kier molecular flexibility index (Phi) is 5.87. The third kappa shape index (κ3) is 4.03. The average molecular weight is 361 g/mol. The summed E-state index contributed by atoms with van der Waals surface area (Å²) in [6, 6.07) is 6.35. The van der Waals surface area contributed by atoms with Gasteiger partial charge in [-0.25, -0.2) is 4.79 Å². The van der Waals surface area contributed by atoms with E-state index in [1.807, 2.05) is 13.8 Å². The Balaban J connectivity index is 2.47. The standard InChI is InChI=1S/C17H19N3O4S/c1-4-10(2)20-15(22)13(14(21)19-17(20)25)9-18-12-7-5-6-11(8-12)16(23)24-3/h5-10,22H,4H2,1-3H3,(H,19,21,25)/t10-/m1/s1. The maximum atomic E-state index is 12.1. The molecule has 0 amide bonds. The average Bonchev–Trinajstić information content (AvgIpc) is 2.60. The van der Waals surface area contributed by atoms with Gasteiger partial charge in [-0.15, -0.1) is 0 Å². The molecule has 0 saturated carbocycles. The molecule has 0 unspecified atom stereocenters. The lowest BCUT2D eigenvalue weighted by atomic mass is 10.2. The van der Waals surface area contributed by atoms with Gasteiger partial charge >= 0.3 is 5.97 Å². The van der Waals surface area contributed by atoms with Gasteiger partial charge in [0, 0.05) is 12.3 Å². The molecule has 0 saturated heterocycles. The van der Waals surface area contributed by atoms with Crippen molar-refractivity contribution >= 4 is 30.1 Å². The van der Waals surface area contributed by atoms with Crippen LogP contribution >= 0.6 is 12.2 Å². The molecule has 2 aromatic rings. The van der Waals surface area contributed by atoms with E-state index in [0.717, 1.165) is 6.42 Å². The number of rotatable bonds is 5. The first-order valence-corrected chi connectivity index (χ1v) is 8.10. The summed E-state index contributed by atoms with van der Waals surface area (Å²) in [5.74, 6) is -0.723. The Morgan fingerprint density at radius 1 is 1.52 bits per heavy atom. The second-order valence-corrected chi connectivity index (χ2v) is 5.81. The zero-order valence-corrected chi connectivity index (χ0v) is 15.0. The zero-order chi connectivity index (χ0) is 18.6.